The number of carboxylic acid groups (broad SMARTS) is 1. The number of hydrogen-bond acceptors (Lipinski definition) is 6. The second kappa shape index (κ2) is 23.3. The lowest BCUT2D eigenvalue weighted by molar-refractivity contribution is -0.249. The molecule has 7 heteroatoms. The molecular formula is C90H142O7. The first kappa shape index (κ1) is 73.0. The van der Waals surface area contributed by atoms with Crippen molar-refractivity contribution < 1.29 is 34.5 Å². The van der Waals surface area contributed by atoms with Gasteiger partial charge in [0.25, 0.3) is 0 Å². The molecule has 15 aliphatic rings. The number of fused-ring (bicyclic) bond motifs is 21. The lowest BCUT2D eigenvalue weighted by Crippen LogP contribution is -2.66. The maximum Gasteiger partial charge on any atom is 0.309 e. The van der Waals surface area contributed by atoms with Crippen LogP contribution in [0.5, 0.6) is 0 Å². The molecule has 15 saturated carbocycles. The van der Waals surface area contributed by atoms with Gasteiger partial charge in [-0.1, -0.05) is 140 Å². The van der Waals surface area contributed by atoms with E-state index in [1.807, 2.05) is 0 Å². The van der Waals surface area contributed by atoms with Crippen molar-refractivity contribution in [1.82, 2.24) is 0 Å². The summed E-state index contributed by atoms with van der Waals surface area (Å²) in [4.78, 5) is 51.1. The minimum absolute atomic E-state index is 0.0290. The molecule has 15 rings (SSSR count). The summed E-state index contributed by atoms with van der Waals surface area (Å²) in [5.74, 6) is 8.73. The van der Waals surface area contributed by atoms with E-state index in [1.54, 1.807) is 0 Å². The van der Waals surface area contributed by atoms with Crippen LogP contribution in [0.25, 0.3) is 0 Å². The van der Waals surface area contributed by atoms with Gasteiger partial charge in [-0.3, -0.25) is 14.4 Å². The average molecular weight is 1340 g/mol. The number of ketones is 2. The zero-order chi connectivity index (χ0) is 70.8. The second-order valence-electron chi connectivity index (χ2n) is 43.1. The van der Waals surface area contributed by atoms with Gasteiger partial charge < -0.3 is 20.1 Å². The third-order valence-electron chi connectivity index (χ3n) is 39.9. The number of carbonyl (C=O) groups is 4. The van der Waals surface area contributed by atoms with Gasteiger partial charge in [-0.05, 0) is 349 Å². The highest BCUT2D eigenvalue weighted by Crippen LogP contribution is 2.82. The Hall–Kier alpha value is -2.38. The van der Waals surface area contributed by atoms with Crippen LogP contribution in [-0.2, 0) is 19.2 Å². The molecule has 0 aromatic carbocycles. The molecule has 3 N–H and O–H groups in total. The third kappa shape index (κ3) is 9.43. The van der Waals surface area contributed by atoms with E-state index in [0.717, 1.165) is 102 Å². The van der Waals surface area contributed by atoms with Gasteiger partial charge in [0.1, 0.15) is 17.9 Å². The van der Waals surface area contributed by atoms with E-state index in [9.17, 15) is 34.5 Å². The molecule has 0 radical (unpaired) electrons. The zero-order valence-corrected chi connectivity index (χ0v) is 65.3. The summed E-state index contributed by atoms with van der Waals surface area (Å²) in [5.41, 5.74) is 5.50. The zero-order valence-electron chi connectivity index (χ0n) is 65.3. The number of allylic oxidation sites excluding steroid dienone is 3. The van der Waals surface area contributed by atoms with E-state index in [-0.39, 0.29) is 66.2 Å². The molecule has 0 spiro atoms. The van der Waals surface area contributed by atoms with Gasteiger partial charge in [0, 0.05) is 35.7 Å². The van der Waals surface area contributed by atoms with E-state index in [2.05, 4.69) is 144 Å². The number of hydrogen-bond donors (Lipinski definition) is 3. The van der Waals surface area contributed by atoms with Crippen molar-refractivity contribution in [2.24, 2.45) is 170 Å². The molecule has 0 aromatic rings. The molecule has 0 aromatic heterocycles. The van der Waals surface area contributed by atoms with Crippen LogP contribution in [0, 0.1) is 170 Å². The molecule has 0 saturated heterocycles. The summed E-state index contributed by atoms with van der Waals surface area (Å²) < 4.78 is 0. The van der Waals surface area contributed by atoms with Crippen LogP contribution >= 0.6 is 0 Å². The summed E-state index contributed by atoms with van der Waals surface area (Å²) in [7, 11) is 0. The molecule has 0 amide bonds. The number of aliphatic hydroxyl groups excluding tert-OH is 2. The highest BCUT2D eigenvalue weighted by Gasteiger charge is 2.76. The van der Waals surface area contributed by atoms with Crippen molar-refractivity contribution in [1.29, 1.82) is 0 Å². The Kier molecular flexibility index (Phi) is 17.5. The fourth-order valence-electron chi connectivity index (χ4n) is 34.1. The number of carbonyl (C=O) groups excluding carboxylic acids is 3. The average Bonchev–Trinajstić information content (AvgIpc) is 1.67. The van der Waals surface area contributed by atoms with Gasteiger partial charge in [0.2, 0.25) is 0 Å². The fraction of sp³-hybridized carbons (Fsp3) is 0.889. The standard InChI is InChI=1S/C30H46O3.C30H50O2.C30H46O2/c1-18(2)19-10-15-30(25(32)33)17-16-28(6)20(24(19)30)8-9-22-27(5)13-12-23(31)26(3,4)21(27)11-14-29(22,28)7;2*1-19(2)20-10-15-30(18-31)17-16-28(6)21(25(20)30)8-9-23-27(5)13-12-24(32)26(3,4)22(27)11-14-29(23,28)7/h19-22,24H,1,8-17H2,2-7H3,(H,32,33);20-25,31-32H,1,8-18H2,2-7H3;18,20-23,25H,1,8-17H2,2-7H3/t19?,20-,21+,22-,24?,27+,28-,29-,30?;20?,21-,22+,23-,24?,25?,27+,28-,29-,30?;20?,21-,22+,23-,25?,27+,28-,29-,30?/m111/s1. The van der Waals surface area contributed by atoms with Gasteiger partial charge in [0.15, 0.2) is 0 Å². The predicted molar refractivity (Wildman–Crippen MR) is 394 cm³/mol. The smallest absolute Gasteiger partial charge is 0.309 e. The van der Waals surface area contributed by atoms with E-state index in [0.29, 0.717) is 111 Å². The molecule has 0 aliphatic heterocycles. The Labute approximate surface area is 591 Å². The minimum atomic E-state index is -0.547. The van der Waals surface area contributed by atoms with E-state index < -0.39 is 11.4 Å². The maximum absolute atomic E-state index is 12.9. The van der Waals surface area contributed by atoms with Gasteiger partial charge in [-0.15, -0.1) is 0 Å². The van der Waals surface area contributed by atoms with Crippen LogP contribution < -0.4 is 0 Å². The monoisotopic (exact) mass is 1340 g/mol. The van der Waals surface area contributed by atoms with Gasteiger partial charge in [0.05, 0.1) is 11.5 Å². The molecular weight excluding hydrogens is 1190 g/mol. The minimum Gasteiger partial charge on any atom is -0.481 e. The summed E-state index contributed by atoms with van der Waals surface area (Å²) in [5, 5.41) is 32.0. The number of aldehydes is 1. The normalized spacial score (nSPS) is 54.4. The Bertz CT molecular complexity index is 3200. The van der Waals surface area contributed by atoms with Crippen molar-refractivity contribution >= 4 is 23.8 Å². The highest BCUT2D eigenvalue weighted by molar-refractivity contribution is 5.86. The first-order valence-corrected chi connectivity index (χ1v) is 41.0. The van der Waals surface area contributed by atoms with Gasteiger partial charge in [-0.2, -0.15) is 0 Å². The first-order valence-electron chi connectivity index (χ1n) is 41.0. The lowest BCUT2D eigenvalue weighted by atomic mass is 9.32. The molecule has 28 atom stereocenters. The topological polar surface area (TPSA) is 129 Å². The maximum atomic E-state index is 12.9. The van der Waals surface area contributed by atoms with Crippen LogP contribution in [0.4, 0.5) is 0 Å². The van der Waals surface area contributed by atoms with Crippen molar-refractivity contribution in [2.45, 2.75) is 323 Å². The van der Waals surface area contributed by atoms with Crippen molar-refractivity contribution in [3.05, 3.63) is 36.5 Å². The molecule has 15 aliphatic carbocycles. The Balaban J connectivity index is 0.000000131. The molecule has 97 heavy (non-hydrogen) atoms. The third-order valence-corrected chi connectivity index (χ3v) is 39.9. The Morgan fingerprint density at radius 1 is 0.412 bits per heavy atom. The summed E-state index contributed by atoms with van der Waals surface area (Å²) >= 11 is 0. The summed E-state index contributed by atoms with van der Waals surface area (Å²) in [6.45, 7) is 57.2. The molecule has 7 nitrogen and oxygen atoms in total. The molecule has 0 bridgehead atoms. The van der Waals surface area contributed by atoms with Gasteiger partial charge >= 0.3 is 5.97 Å². The quantitative estimate of drug-likeness (QED) is 0.178. The van der Waals surface area contributed by atoms with Crippen LogP contribution in [0.1, 0.15) is 317 Å². The summed E-state index contributed by atoms with van der Waals surface area (Å²) in [6, 6.07) is 0. The van der Waals surface area contributed by atoms with Crippen molar-refractivity contribution in [3.63, 3.8) is 0 Å². The van der Waals surface area contributed by atoms with Crippen molar-refractivity contribution in [3.8, 4) is 0 Å². The first-order chi connectivity index (χ1) is 45.0. The van der Waals surface area contributed by atoms with E-state index >= 15 is 0 Å². The number of aliphatic hydroxyl groups is 2. The Morgan fingerprint density at radius 2 is 0.804 bits per heavy atom. The Morgan fingerprint density at radius 3 is 1.26 bits per heavy atom. The number of rotatable bonds is 6. The number of aliphatic carboxylic acids is 1. The van der Waals surface area contributed by atoms with Crippen LogP contribution in [0.3, 0.4) is 0 Å². The number of carboxylic acids is 1. The molecule has 544 valence electrons. The van der Waals surface area contributed by atoms with E-state index in [4.69, 9.17) is 0 Å². The molecule has 0 heterocycles. The fourth-order valence-corrected chi connectivity index (χ4v) is 34.1. The lowest BCUT2D eigenvalue weighted by Gasteiger charge is -2.73. The highest BCUT2D eigenvalue weighted by atomic mass is 16.4. The number of Topliss-reactive ketones (excluding diaryl/α,β-unsaturated/α-hetero) is 2. The van der Waals surface area contributed by atoms with Gasteiger partial charge in [-0.25, -0.2) is 0 Å². The van der Waals surface area contributed by atoms with E-state index in [1.165, 1.54) is 126 Å². The largest absolute Gasteiger partial charge is 0.481 e. The SMILES string of the molecule is C=C(C)C1CCC2(C(=O)O)CC[C@]3(C)[C@H](CC[C@@H]4[C@@]5(C)CCC(=O)C(C)(C)[C@@H]5CC[C@]43C)C12.C=C(C)C1CCC2(C=O)CC[C@]3(C)[C@H](CC[C@@H]4[C@@]5(C)CCC(=O)C(C)(C)[C@@H]5CC[C@]43C)C12.C=C(C)C1CCC2(CO)CC[C@]3(C)[C@H](CC[C@@H]4[C@@]5(C)CCC(O)C(C)(C)[C@@H]5CC[C@]43C)C12. The summed E-state index contributed by atoms with van der Waals surface area (Å²) in [6.07, 6.45) is 35.1. The molecule has 10 unspecified atom stereocenters. The van der Waals surface area contributed by atoms with Crippen LogP contribution in [0.15, 0.2) is 36.5 Å². The second-order valence-corrected chi connectivity index (χ2v) is 43.1. The molecule has 15 fully saturated rings. The van der Waals surface area contributed by atoms with Crippen LogP contribution in [0.2, 0.25) is 0 Å². The predicted octanol–water partition coefficient (Wildman–Crippen LogP) is 21.7. The van der Waals surface area contributed by atoms with Crippen LogP contribution in [-0.4, -0.2) is 51.9 Å². The van der Waals surface area contributed by atoms with Crippen molar-refractivity contribution in [2.75, 3.05) is 6.61 Å².